The van der Waals surface area contributed by atoms with Crippen molar-refractivity contribution in [1.82, 2.24) is 15.1 Å². The van der Waals surface area contributed by atoms with Gasteiger partial charge >= 0.3 is 5.97 Å². The lowest BCUT2D eigenvalue weighted by atomic mass is 10.2. The van der Waals surface area contributed by atoms with E-state index in [4.69, 9.17) is 16.3 Å². The molecule has 0 spiro atoms. The number of carbonyl (C=O) groups excluding carboxylic acids is 2. The van der Waals surface area contributed by atoms with Crippen LogP contribution in [0.25, 0.3) is 0 Å². The molecule has 0 fully saturated rings. The Hall–Kier alpha value is -2.60. The minimum atomic E-state index is -0.899. The fraction of sp³-hybridized carbons (Fsp3) is 0.235. The first-order chi connectivity index (χ1) is 11.5. The van der Waals surface area contributed by atoms with Gasteiger partial charge in [-0.1, -0.05) is 35.9 Å². The highest BCUT2D eigenvalue weighted by Gasteiger charge is 2.19. The molecular weight excluding hydrogens is 330 g/mol. The van der Waals surface area contributed by atoms with Crippen LogP contribution in [0.3, 0.4) is 0 Å². The monoisotopic (exact) mass is 347 g/mol. The van der Waals surface area contributed by atoms with Crippen molar-refractivity contribution in [2.24, 2.45) is 0 Å². The van der Waals surface area contributed by atoms with Gasteiger partial charge < -0.3 is 10.1 Å². The number of amides is 1. The summed E-state index contributed by atoms with van der Waals surface area (Å²) in [6.07, 6.45) is 3.60. The Morgan fingerprint density at radius 2 is 2.21 bits per heavy atom. The maximum Gasteiger partial charge on any atom is 0.342 e. The van der Waals surface area contributed by atoms with Crippen molar-refractivity contribution in [2.45, 2.75) is 19.6 Å². The van der Waals surface area contributed by atoms with Crippen molar-refractivity contribution in [3.63, 3.8) is 0 Å². The lowest BCUT2D eigenvalue weighted by Gasteiger charge is -2.11. The zero-order valence-electron chi connectivity index (χ0n) is 13.2. The number of hydrogen-bond donors (Lipinski definition) is 1. The summed E-state index contributed by atoms with van der Waals surface area (Å²) < 4.78 is 6.70. The van der Waals surface area contributed by atoms with Crippen LogP contribution in [0.1, 0.15) is 22.8 Å². The number of nitrogens with one attached hydrogen (secondary N) is 1. The maximum absolute atomic E-state index is 12.1. The van der Waals surface area contributed by atoms with Crippen molar-refractivity contribution in [3.05, 3.63) is 65.5 Å². The van der Waals surface area contributed by atoms with Gasteiger partial charge in [0.05, 0.1) is 18.3 Å². The number of esters is 1. The van der Waals surface area contributed by atoms with Gasteiger partial charge in [-0.2, -0.15) is 5.10 Å². The number of hydrogen-bond acceptors (Lipinski definition) is 4. The Kier molecular flexibility index (Phi) is 6.14. The van der Waals surface area contributed by atoms with Crippen LogP contribution in [0.2, 0.25) is 5.02 Å². The quantitative estimate of drug-likeness (QED) is 0.616. The van der Waals surface area contributed by atoms with E-state index in [9.17, 15) is 9.59 Å². The van der Waals surface area contributed by atoms with E-state index in [0.717, 1.165) is 5.56 Å². The van der Waals surface area contributed by atoms with Gasteiger partial charge in [0.2, 0.25) is 0 Å². The Balaban J connectivity index is 1.97. The van der Waals surface area contributed by atoms with Crippen molar-refractivity contribution in [1.29, 1.82) is 0 Å². The normalized spacial score (nSPS) is 11.6. The highest BCUT2D eigenvalue weighted by molar-refractivity contribution is 6.31. The molecule has 126 valence electrons. The standard InChI is InChI=1S/C17H18ClN3O3/c1-3-8-19-16(22)12(2)24-17(23)14-9-20-21(11-14)10-13-6-4-5-7-15(13)18/h3-7,9,11-12H,1,8,10H2,2H3,(H,19,22)/t12-/m1/s1. The molecule has 24 heavy (non-hydrogen) atoms. The minimum absolute atomic E-state index is 0.269. The molecule has 0 aliphatic rings. The molecule has 1 heterocycles. The number of aromatic nitrogens is 2. The number of halogens is 1. The van der Waals surface area contributed by atoms with Crippen molar-refractivity contribution in [3.8, 4) is 0 Å². The molecule has 0 aliphatic carbocycles. The largest absolute Gasteiger partial charge is 0.449 e. The topological polar surface area (TPSA) is 73.2 Å². The van der Waals surface area contributed by atoms with Crippen LogP contribution in [0, 0.1) is 0 Å². The summed E-state index contributed by atoms with van der Waals surface area (Å²) in [6, 6.07) is 7.40. The molecule has 1 N–H and O–H groups in total. The number of carbonyl (C=O) groups is 2. The molecule has 0 unspecified atom stereocenters. The molecular formula is C17H18ClN3O3. The van der Waals surface area contributed by atoms with Crippen LogP contribution < -0.4 is 5.32 Å². The Labute approximate surface area is 145 Å². The third kappa shape index (κ3) is 4.70. The summed E-state index contributed by atoms with van der Waals surface area (Å²) >= 11 is 6.10. The first-order valence-electron chi connectivity index (χ1n) is 7.36. The second-order valence-electron chi connectivity index (χ2n) is 5.10. The minimum Gasteiger partial charge on any atom is -0.449 e. The molecule has 0 saturated heterocycles. The molecule has 7 heteroatoms. The summed E-state index contributed by atoms with van der Waals surface area (Å²) in [6.45, 7) is 5.75. The van der Waals surface area contributed by atoms with Crippen molar-refractivity contribution in [2.75, 3.05) is 6.54 Å². The molecule has 0 aliphatic heterocycles. The van der Waals surface area contributed by atoms with Crippen LogP contribution in [-0.4, -0.2) is 34.3 Å². The van der Waals surface area contributed by atoms with E-state index in [-0.39, 0.29) is 11.5 Å². The third-order valence-corrected chi connectivity index (χ3v) is 3.60. The van der Waals surface area contributed by atoms with E-state index in [2.05, 4.69) is 17.0 Å². The first-order valence-corrected chi connectivity index (χ1v) is 7.74. The van der Waals surface area contributed by atoms with Crippen LogP contribution in [0.5, 0.6) is 0 Å². The van der Waals surface area contributed by atoms with Gasteiger partial charge in [0.1, 0.15) is 0 Å². The van der Waals surface area contributed by atoms with Crippen LogP contribution in [0.4, 0.5) is 0 Å². The van der Waals surface area contributed by atoms with Gasteiger partial charge in [-0.15, -0.1) is 6.58 Å². The fourth-order valence-corrected chi connectivity index (χ4v) is 2.15. The molecule has 0 radical (unpaired) electrons. The molecule has 1 atom stereocenters. The summed E-state index contributed by atoms with van der Waals surface area (Å²) in [4.78, 5) is 23.7. The van der Waals surface area contributed by atoms with E-state index < -0.39 is 12.1 Å². The molecule has 1 aromatic carbocycles. The van der Waals surface area contributed by atoms with Gasteiger partial charge in [-0.3, -0.25) is 9.48 Å². The maximum atomic E-state index is 12.1. The number of ether oxygens (including phenoxy) is 1. The van der Waals surface area contributed by atoms with Crippen molar-refractivity contribution < 1.29 is 14.3 Å². The predicted molar refractivity (Wildman–Crippen MR) is 90.9 cm³/mol. The number of nitrogens with zero attached hydrogens (tertiary/aromatic N) is 2. The van der Waals surface area contributed by atoms with E-state index in [1.807, 2.05) is 18.2 Å². The lowest BCUT2D eigenvalue weighted by molar-refractivity contribution is -0.128. The summed E-state index contributed by atoms with van der Waals surface area (Å²) in [7, 11) is 0. The predicted octanol–water partition coefficient (Wildman–Crippen LogP) is 2.43. The highest BCUT2D eigenvalue weighted by atomic mass is 35.5. The number of benzene rings is 1. The molecule has 0 saturated carbocycles. The van der Waals surface area contributed by atoms with E-state index in [1.54, 1.807) is 23.0 Å². The Morgan fingerprint density at radius 1 is 1.46 bits per heavy atom. The van der Waals surface area contributed by atoms with Gasteiger partial charge in [-0.25, -0.2) is 4.79 Å². The fourth-order valence-electron chi connectivity index (χ4n) is 1.96. The molecule has 2 rings (SSSR count). The zero-order valence-corrected chi connectivity index (χ0v) is 14.0. The summed E-state index contributed by atoms with van der Waals surface area (Å²) in [5.74, 6) is -0.992. The second-order valence-corrected chi connectivity index (χ2v) is 5.51. The molecule has 1 amide bonds. The SMILES string of the molecule is C=CCNC(=O)[C@@H](C)OC(=O)c1cnn(Cc2ccccc2Cl)c1. The first kappa shape index (κ1) is 17.7. The molecule has 6 nitrogen and oxygen atoms in total. The highest BCUT2D eigenvalue weighted by Crippen LogP contribution is 2.16. The third-order valence-electron chi connectivity index (χ3n) is 3.23. The van der Waals surface area contributed by atoms with Crippen molar-refractivity contribution >= 4 is 23.5 Å². The van der Waals surface area contributed by atoms with Gasteiger partial charge in [0.25, 0.3) is 5.91 Å². The average molecular weight is 348 g/mol. The lowest BCUT2D eigenvalue weighted by Crippen LogP contribution is -2.35. The van der Waals surface area contributed by atoms with E-state index >= 15 is 0 Å². The van der Waals surface area contributed by atoms with E-state index in [1.165, 1.54) is 13.1 Å². The smallest absolute Gasteiger partial charge is 0.342 e. The van der Waals surface area contributed by atoms with Crippen LogP contribution in [-0.2, 0) is 16.1 Å². The molecule has 0 bridgehead atoms. The Morgan fingerprint density at radius 3 is 2.92 bits per heavy atom. The van der Waals surface area contributed by atoms with Gasteiger partial charge in [0, 0.05) is 17.8 Å². The Bertz CT molecular complexity index is 742. The average Bonchev–Trinajstić information content (AvgIpc) is 3.03. The van der Waals surface area contributed by atoms with Crippen LogP contribution >= 0.6 is 11.6 Å². The molecule has 1 aromatic heterocycles. The second kappa shape index (κ2) is 8.31. The summed E-state index contributed by atoms with van der Waals surface area (Å²) in [5.41, 5.74) is 1.16. The zero-order chi connectivity index (χ0) is 17.5. The molecule has 2 aromatic rings. The van der Waals surface area contributed by atoms with E-state index in [0.29, 0.717) is 18.1 Å². The van der Waals surface area contributed by atoms with Gasteiger partial charge in [0.15, 0.2) is 6.10 Å². The number of rotatable bonds is 7. The van der Waals surface area contributed by atoms with Crippen LogP contribution in [0.15, 0.2) is 49.3 Å². The van der Waals surface area contributed by atoms with Gasteiger partial charge in [-0.05, 0) is 18.6 Å². The summed E-state index contributed by atoms with van der Waals surface area (Å²) in [5, 5.41) is 7.31.